The molecule has 0 saturated heterocycles. The third-order valence-electron chi connectivity index (χ3n) is 4.63. The highest BCUT2D eigenvalue weighted by atomic mass is 35.5. The molecule has 0 aliphatic carbocycles. The Morgan fingerprint density at radius 2 is 1.92 bits per heavy atom. The van der Waals surface area contributed by atoms with Gasteiger partial charge in [0, 0.05) is 29.0 Å². The van der Waals surface area contributed by atoms with Gasteiger partial charge in [0.15, 0.2) is 0 Å². The maximum Gasteiger partial charge on any atom is 0.101 e. The summed E-state index contributed by atoms with van der Waals surface area (Å²) in [6.07, 6.45) is 13.3. The van der Waals surface area contributed by atoms with Crippen LogP contribution in [-0.2, 0) is 12.0 Å². The van der Waals surface area contributed by atoms with Crippen molar-refractivity contribution >= 4 is 23.2 Å². The van der Waals surface area contributed by atoms with Crippen molar-refractivity contribution in [2.75, 3.05) is 0 Å². The van der Waals surface area contributed by atoms with Crippen molar-refractivity contribution in [1.29, 1.82) is 5.26 Å². The highest BCUT2D eigenvalue weighted by Gasteiger charge is 2.34. The minimum atomic E-state index is -0.673. The zero-order chi connectivity index (χ0) is 18.1. The first-order valence-electron chi connectivity index (χ1n) is 8.94. The maximum atomic E-state index is 10.1. The Morgan fingerprint density at radius 1 is 1.16 bits per heavy atom. The van der Waals surface area contributed by atoms with Crippen molar-refractivity contribution in [2.45, 2.75) is 63.8 Å². The van der Waals surface area contributed by atoms with E-state index in [9.17, 15) is 5.26 Å². The first kappa shape index (κ1) is 19.8. The van der Waals surface area contributed by atoms with Crippen LogP contribution in [0.3, 0.4) is 0 Å². The number of imidazole rings is 1. The molecule has 2 aromatic rings. The zero-order valence-corrected chi connectivity index (χ0v) is 16.2. The Balaban J connectivity index is 2.19. The van der Waals surface area contributed by atoms with Crippen molar-refractivity contribution in [3.63, 3.8) is 0 Å². The topological polar surface area (TPSA) is 41.6 Å². The van der Waals surface area contributed by atoms with Crippen molar-refractivity contribution in [1.82, 2.24) is 9.55 Å². The Morgan fingerprint density at radius 3 is 2.56 bits per heavy atom. The van der Waals surface area contributed by atoms with Crippen LogP contribution >= 0.6 is 23.2 Å². The van der Waals surface area contributed by atoms with Gasteiger partial charge in [0.25, 0.3) is 0 Å². The molecule has 0 aliphatic rings. The summed E-state index contributed by atoms with van der Waals surface area (Å²) in [4.78, 5) is 4.10. The van der Waals surface area contributed by atoms with E-state index < -0.39 is 5.41 Å². The lowest BCUT2D eigenvalue weighted by molar-refractivity contribution is 0.403. The Bertz CT molecular complexity index is 691. The summed E-state index contributed by atoms with van der Waals surface area (Å²) in [6.45, 7) is 2.76. The van der Waals surface area contributed by atoms with Crippen molar-refractivity contribution in [2.24, 2.45) is 0 Å². The van der Waals surface area contributed by atoms with Gasteiger partial charge >= 0.3 is 0 Å². The number of hydrogen-bond donors (Lipinski definition) is 0. The highest BCUT2D eigenvalue weighted by Crippen LogP contribution is 2.37. The summed E-state index contributed by atoms with van der Waals surface area (Å²) in [7, 11) is 0. The quantitative estimate of drug-likeness (QED) is 0.449. The molecule has 0 radical (unpaired) electrons. The summed E-state index contributed by atoms with van der Waals surface area (Å²) in [5.41, 5.74) is 0.177. The second-order valence-electron chi connectivity index (χ2n) is 6.57. The van der Waals surface area contributed by atoms with Crippen molar-refractivity contribution < 1.29 is 0 Å². The van der Waals surface area contributed by atoms with E-state index in [2.05, 4.69) is 18.0 Å². The van der Waals surface area contributed by atoms with Gasteiger partial charge in [0.1, 0.15) is 5.41 Å². The van der Waals surface area contributed by atoms with E-state index in [1.165, 1.54) is 25.7 Å². The third-order valence-corrected chi connectivity index (χ3v) is 5.18. The van der Waals surface area contributed by atoms with Gasteiger partial charge in [-0.05, 0) is 24.1 Å². The Kier molecular flexibility index (Phi) is 7.81. The Labute approximate surface area is 160 Å². The molecule has 25 heavy (non-hydrogen) atoms. The molecule has 0 saturated carbocycles. The van der Waals surface area contributed by atoms with Gasteiger partial charge in [-0.25, -0.2) is 4.98 Å². The van der Waals surface area contributed by atoms with E-state index in [-0.39, 0.29) is 0 Å². The normalized spacial score (nSPS) is 13.4. The molecule has 0 fully saturated rings. The van der Waals surface area contributed by atoms with Crippen LogP contribution in [0.2, 0.25) is 10.0 Å². The van der Waals surface area contributed by atoms with Gasteiger partial charge in [0.05, 0.1) is 12.4 Å². The van der Waals surface area contributed by atoms with Gasteiger partial charge < -0.3 is 4.57 Å². The van der Waals surface area contributed by atoms with Crippen LogP contribution < -0.4 is 0 Å². The average Bonchev–Trinajstić information content (AvgIpc) is 3.10. The monoisotopic (exact) mass is 377 g/mol. The van der Waals surface area contributed by atoms with Crippen LogP contribution in [0.25, 0.3) is 0 Å². The number of halogens is 2. The molecule has 1 heterocycles. The molecule has 1 aromatic heterocycles. The highest BCUT2D eigenvalue weighted by molar-refractivity contribution is 6.35. The largest absolute Gasteiger partial charge is 0.336 e. The third kappa shape index (κ3) is 5.49. The number of nitrogens with zero attached hydrogens (tertiary/aromatic N) is 3. The number of aromatic nitrogens is 2. The van der Waals surface area contributed by atoms with Gasteiger partial charge in [0.2, 0.25) is 0 Å². The van der Waals surface area contributed by atoms with Gasteiger partial charge in [-0.15, -0.1) is 0 Å². The second kappa shape index (κ2) is 9.85. The minimum Gasteiger partial charge on any atom is -0.336 e. The molecule has 3 nitrogen and oxygen atoms in total. The first-order valence-corrected chi connectivity index (χ1v) is 9.69. The lowest BCUT2D eigenvalue weighted by Crippen LogP contribution is -2.30. The molecule has 2 rings (SSSR count). The number of hydrogen-bond acceptors (Lipinski definition) is 2. The maximum absolute atomic E-state index is 10.1. The van der Waals surface area contributed by atoms with Crippen molar-refractivity contribution in [3.05, 3.63) is 52.5 Å². The molecule has 1 aromatic carbocycles. The molecule has 0 aliphatic heterocycles. The standard InChI is InChI=1S/C20H25Cl2N3/c1-2-3-4-5-6-7-10-20(14-23,15-25-12-11-24-16-25)18-9-8-17(21)13-19(18)22/h8-9,11-13,16H,2-7,10,15H2,1H3. The van der Waals surface area contributed by atoms with Crippen LogP contribution in [-0.4, -0.2) is 9.55 Å². The first-order chi connectivity index (χ1) is 12.1. The fourth-order valence-electron chi connectivity index (χ4n) is 3.23. The fourth-order valence-corrected chi connectivity index (χ4v) is 3.82. The minimum absolute atomic E-state index is 0.541. The van der Waals surface area contributed by atoms with E-state index in [0.29, 0.717) is 16.6 Å². The predicted molar refractivity (Wildman–Crippen MR) is 104 cm³/mol. The number of benzene rings is 1. The van der Waals surface area contributed by atoms with E-state index in [0.717, 1.165) is 24.8 Å². The van der Waals surface area contributed by atoms with Gasteiger partial charge in [-0.3, -0.25) is 0 Å². The lowest BCUT2D eigenvalue weighted by Gasteiger charge is -2.29. The summed E-state index contributed by atoms with van der Waals surface area (Å²) >= 11 is 12.5. The summed E-state index contributed by atoms with van der Waals surface area (Å²) < 4.78 is 1.95. The van der Waals surface area contributed by atoms with Crippen LogP contribution in [0.15, 0.2) is 36.9 Å². The molecular weight excluding hydrogens is 353 g/mol. The van der Waals surface area contributed by atoms with Crippen molar-refractivity contribution in [3.8, 4) is 6.07 Å². The molecule has 0 N–H and O–H groups in total. The van der Waals surface area contributed by atoms with Crippen LogP contribution in [0.4, 0.5) is 0 Å². The SMILES string of the molecule is CCCCCCCCC(C#N)(Cn1ccnc1)c1ccc(Cl)cc1Cl. The number of rotatable bonds is 10. The predicted octanol–water partition coefficient (Wildman–Crippen LogP) is 6.40. The smallest absolute Gasteiger partial charge is 0.101 e. The van der Waals surface area contributed by atoms with Gasteiger partial charge in [-0.2, -0.15) is 5.26 Å². The summed E-state index contributed by atoms with van der Waals surface area (Å²) in [5, 5.41) is 11.2. The summed E-state index contributed by atoms with van der Waals surface area (Å²) in [6, 6.07) is 7.98. The molecule has 134 valence electrons. The van der Waals surface area contributed by atoms with E-state index in [4.69, 9.17) is 23.2 Å². The second-order valence-corrected chi connectivity index (χ2v) is 7.41. The van der Waals surface area contributed by atoms with Gasteiger partial charge in [-0.1, -0.05) is 74.7 Å². The van der Waals surface area contributed by atoms with E-state index >= 15 is 0 Å². The fraction of sp³-hybridized carbons (Fsp3) is 0.500. The molecule has 1 atom stereocenters. The number of unbranched alkanes of at least 4 members (excludes halogenated alkanes) is 5. The molecule has 1 unspecified atom stereocenters. The molecular formula is C20H25Cl2N3. The number of nitriles is 1. The molecule has 0 bridgehead atoms. The lowest BCUT2D eigenvalue weighted by atomic mass is 9.77. The molecule has 5 heteroatoms. The Hall–Kier alpha value is -1.50. The molecule has 0 amide bonds. The van der Waals surface area contributed by atoms with E-state index in [1.807, 2.05) is 22.9 Å². The van der Waals surface area contributed by atoms with Crippen LogP contribution in [0.5, 0.6) is 0 Å². The average molecular weight is 378 g/mol. The zero-order valence-electron chi connectivity index (χ0n) is 14.7. The van der Waals surface area contributed by atoms with Crippen LogP contribution in [0.1, 0.15) is 57.4 Å². The summed E-state index contributed by atoms with van der Waals surface area (Å²) in [5.74, 6) is 0. The van der Waals surface area contributed by atoms with E-state index in [1.54, 1.807) is 18.6 Å². The van der Waals surface area contributed by atoms with Crippen LogP contribution in [0, 0.1) is 11.3 Å². The molecule has 0 spiro atoms.